The minimum absolute atomic E-state index is 0.0616. The zero-order chi connectivity index (χ0) is 14.9. The number of halogens is 1. The van der Waals surface area contributed by atoms with E-state index >= 15 is 0 Å². The lowest BCUT2D eigenvalue weighted by Crippen LogP contribution is -2.32. The molecule has 1 aliphatic rings. The Labute approximate surface area is 129 Å². The number of hydrogen-bond acceptors (Lipinski definition) is 3. The van der Waals surface area contributed by atoms with Gasteiger partial charge in [0.25, 0.3) is 0 Å². The zero-order valence-electron chi connectivity index (χ0n) is 11.3. The van der Waals surface area contributed by atoms with Crippen LogP contribution in [0.25, 0.3) is 0 Å². The molecule has 1 fully saturated rings. The fraction of sp³-hybridized carbons (Fsp3) is 0.267. The predicted molar refractivity (Wildman–Crippen MR) is 81.4 cm³/mol. The lowest BCUT2D eigenvalue weighted by atomic mass is 10.3. The second-order valence-corrected chi connectivity index (χ2v) is 7.34. The molecule has 0 bridgehead atoms. The highest BCUT2D eigenvalue weighted by atomic mass is 35.5. The van der Waals surface area contributed by atoms with Gasteiger partial charge in [0.15, 0.2) is 0 Å². The molecule has 2 aromatic rings. The first kappa shape index (κ1) is 14.5. The topological polar surface area (TPSA) is 50.3 Å². The Kier molecular flexibility index (Phi) is 3.97. The molecule has 0 saturated heterocycles. The molecule has 110 valence electrons. The molecule has 0 amide bonds. The largest absolute Gasteiger partial charge is 0.264 e. The smallest absolute Gasteiger partial charge is 0.245 e. The molecular weight excluding hydrogens is 308 g/mol. The minimum Gasteiger partial charge on any atom is -0.264 e. The molecule has 1 saturated carbocycles. The van der Waals surface area contributed by atoms with Crippen LogP contribution >= 0.6 is 11.6 Å². The number of rotatable bonds is 5. The second-order valence-electron chi connectivity index (χ2n) is 5.07. The van der Waals surface area contributed by atoms with E-state index in [0.29, 0.717) is 6.54 Å². The van der Waals surface area contributed by atoms with Crippen LogP contribution in [0, 0.1) is 0 Å². The summed E-state index contributed by atoms with van der Waals surface area (Å²) in [5, 5.41) is 0.259. The Bertz CT molecular complexity index is 730. The highest BCUT2D eigenvalue weighted by Gasteiger charge is 2.38. The highest BCUT2D eigenvalue weighted by molar-refractivity contribution is 7.89. The molecule has 21 heavy (non-hydrogen) atoms. The summed E-state index contributed by atoms with van der Waals surface area (Å²) < 4.78 is 27.3. The van der Waals surface area contributed by atoms with Gasteiger partial charge in [-0.2, -0.15) is 4.31 Å². The molecule has 1 aromatic carbocycles. The van der Waals surface area contributed by atoms with Crippen LogP contribution in [0.3, 0.4) is 0 Å². The molecule has 0 atom stereocenters. The highest BCUT2D eigenvalue weighted by Crippen LogP contribution is 2.35. The first-order chi connectivity index (χ1) is 10.1. The van der Waals surface area contributed by atoms with Gasteiger partial charge in [-0.3, -0.25) is 4.98 Å². The van der Waals surface area contributed by atoms with E-state index in [1.165, 1.54) is 4.31 Å². The van der Waals surface area contributed by atoms with E-state index in [0.717, 1.165) is 18.4 Å². The number of pyridine rings is 1. The summed E-state index contributed by atoms with van der Waals surface area (Å²) in [5.74, 6) is 0. The Morgan fingerprint density at radius 3 is 2.57 bits per heavy atom. The average molecular weight is 323 g/mol. The van der Waals surface area contributed by atoms with E-state index in [1.807, 2.05) is 12.1 Å². The minimum atomic E-state index is -3.59. The SMILES string of the molecule is O=S(=O)(c1ccccc1Cl)N(Cc1cccnc1)C1CC1. The van der Waals surface area contributed by atoms with Gasteiger partial charge in [0.1, 0.15) is 4.90 Å². The molecule has 1 heterocycles. The number of hydrogen-bond donors (Lipinski definition) is 0. The van der Waals surface area contributed by atoms with Crippen LogP contribution in [0.5, 0.6) is 0 Å². The van der Waals surface area contributed by atoms with Gasteiger partial charge in [0.2, 0.25) is 10.0 Å². The lowest BCUT2D eigenvalue weighted by Gasteiger charge is -2.22. The van der Waals surface area contributed by atoms with Crippen LogP contribution in [-0.4, -0.2) is 23.7 Å². The van der Waals surface area contributed by atoms with Crippen LogP contribution < -0.4 is 0 Å². The van der Waals surface area contributed by atoms with Crippen molar-refractivity contribution in [1.82, 2.24) is 9.29 Å². The number of aromatic nitrogens is 1. The molecule has 4 nitrogen and oxygen atoms in total. The van der Waals surface area contributed by atoms with Gasteiger partial charge in [0, 0.05) is 25.0 Å². The predicted octanol–water partition coefficient (Wildman–Crippen LogP) is 3.09. The number of benzene rings is 1. The molecule has 0 aliphatic heterocycles. The average Bonchev–Trinajstić information content (AvgIpc) is 3.30. The quantitative estimate of drug-likeness (QED) is 0.850. The Morgan fingerprint density at radius 2 is 1.95 bits per heavy atom. The van der Waals surface area contributed by atoms with Gasteiger partial charge >= 0.3 is 0 Å². The van der Waals surface area contributed by atoms with Crippen molar-refractivity contribution in [3.8, 4) is 0 Å². The molecule has 0 radical (unpaired) electrons. The third-order valence-corrected chi connectivity index (χ3v) is 5.84. The fourth-order valence-corrected chi connectivity index (χ4v) is 4.39. The van der Waals surface area contributed by atoms with E-state index in [9.17, 15) is 8.42 Å². The molecule has 3 rings (SSSR count). The van der Waals surface area contributed by atoms with Crippen molar-refractivity contribution < 1.29 is 8.42 Å². The normalized spacial score (nSPS) is 15.3. The van der Waals surface area contributed by atoms with Crippen molar-refractivity contribution in [2.24, 2.45) is 0 Å². The van der Waals surface area contributed by atoms with Crippen LogP contribution in [-0.2, 0) is 16.6 Å². The molecular formula is C15H15ClN2O2S. The standard InChI is InChI=1S/C15H15ClN2O2S/c16-14-5-1-2-6-15(14)21(19,20)18(13-7-8-13)11-12-4-3-9-17-10-12/h1-6,9-10,13H,7-8,11H2. The monoisotopic (exact) mass is 322 g/mol. The van der Waals surface area contributed by atoms with Gasteiger partial charge in [-0.1, -0.05) is 29.8 Å². The maximum absolute atomic E-state index is 12.9. The summed E-state index contributed by atoms with van der Waals surface area (Å²) in [4.78, 5) is 4.21. The molecule has 1 aliphatic carbocycles. The third-order valence-electron chi connectivity index (χ3n) is 3.44. The molecule has 0 unspecified atom stereocenters. The molecule has 6 heteroatoms. The molecule has 1 aromatic heterocycles. The van der Waals surface area contributed by atoms with Crippen molar-refractivity contribution in [3.63, 3.8) is 0 Å². The first-order valence-corrected chi connectivity index (χ1v) is 8.56. The van der Waals surface area contributed by atoms with E-state index in [1.54, 1.807) is 36.7 Å². The summed E-state index contributed by atoms with van der Waals surface area (Å²) in [6.45, 7) is 0.325. The van der Waals surface area contributed by atoms with Gasteiger partial charge < -0.3 is 0 Å². The second kappa shape index (κ2) is 5.75. The van der Waals surface area contributed by atoms with Gasteiger partial charge in [-0.15, -0.1) is 0 Å². The van der Waals surface area contributed by atoms with E-state index in [4.69, 9.17) is 11.6 Å². The van der Waals surface area contributed by atoms with Crippen molar-refractivity contribution in [1.29, 1.82) is 0 Å². The van der Waals surface area contributed by atoms with Gasteiger partial charge in [-0.05, 0) is 36.6 Å². The van der Waals surface area contributed by atoms with Crippen LogP contribution in [0.15, 0.2) is 53.7 Å². The van der Waals surface area contributed by atoms with Crippen LogP contribution in [0.1, 0.15) is 18.4 Å². The third kappa shape index (κ3) is 3.10. The zero-order valence-corrected chi connectivity index (χ0v) is 12.9. The maximum Gasteiger partial charge on any atom is 0.245 e. The summed E-state index contributed by atoms with van der Waals surface area (Å²) in [5.41, 5.74) is 0.875. The summed E-state index contributed by atoms with van der Waals surface area (Å²) in [6, 6.07) is 10.3. The Hall–Kier alpha value is -1.43. The first-order valence-electron chi connectivity index (χ1n) is 6.74. The van der Waals surface area contributed by atoms with E-state index in [-0.39, 0.29) is 16.0 Å². The Balaban J connectivity index is 1.96. The van der Waals surface area contributed by atoms with Crippen molar-refractivity contribution in [2.75, 3.05) is 0 Å². The molecule has 0 spiro atoms. The number of nitrogens with zero attached hydrogens (tertiary/aromatic N) is 2. The molecule has 0 N–H and O–H groups in total. The van der Waals surface area contributed by atoms with Crippen molar-refractivity contribution in [3.05, 3.63) is 59.4 Å². The van der Waals surface area contributed by atoms with Crippen molar-refractivity contribution >= 4 is 21.6 Å². The fourth-order valence-electron chi connectivity index (χ4n) is 2.22. The Morgan fingerprint density at radius 1 is 1.19 bits per heavy atom. The number of sulfonamides is 1. The van der Waals surface area contributed by atoms with Crippen LogP contribution in [0.2, 0.25) is 5.02 Å². The van der Waals surface area contributed by atoms with E-state index < -0.39 is 10.0 Å². The lowest BCUT2D eigenvalue weighted by molar-refractivity contribution is 0.398. The maximum atomic E-state index is 12.9. The summed E-state index contributed by atoms with van der Waals surface area (Å²) >= 11 is 6.06. The van der Waals surface area contributed by atoms with Crippen molar-refractivity contribution in [2.45, 2.75) is 30.3 Å². The summed E-state index contributed by atoms with van der Waals surface area (Å²) in [6.07, 6.45) is 5.15. The van der Waals surface area contributed by atoms with Crippen LogP contribution in [0.4, 0.5) is 0 Å². The van der Waals surface area contributed by atoms with Gasteiger partial charge in [0.05, 0.1) is 5.02 Å². The van der Waals surface area contributed by atoms with E-state index in [2.05, 4.69) is 4.98 Å². The summed E-state index contributed by atoms with van der Waals surface area (Å²) in [7, 11) is -3.59. The van der Waals surface area contributed by atoms with Gasteiger partial charge in [-0.25, -0.2) is 8.42 Å².